The molecule has 1 aromatic rings. The standard InChI is InChI=1S/C15H22N2S/c1-18-15-6-4-5-12-13(15)7-8-16-14(12)11-17-9-2-3-10-17/h4-6,14,16H,2-3,7-11H2,1H3. The van der Waals surface area contributed by atoms with Gasteiger partial charge >= 0.3 is 0 Å². The third-order valence-corrected chi connectivity index (χ3v) is 4.99. The average molecular weight is 262 g/mol. The fourth-order valence-electron chi connectivity index (χ4n) is 3.24. The van der Waals surface area contributed by atoms with Crippen LogP contribution in [0.4, 0.5) is 0 Å². The molecule has 1 N–H and O–H groups in total. The second kappa shape index (κ2) is 5.64. The Labute approximate surface area is 114 Å². The van der Waals surface area contributed by atoms with Crippen molar-refractivity contribution < 1.29 is 0 Å². The van der Waals surface area contributed by atoms with Crippen LogP contribution in [-0.4, -0.2) is 37.3 Å². The highest BCUT2D eigenvalue weighted by Crippen LogP contribution is 2.31. The molecule has 2 heterocycles. The Morgan fingerprint density at radius 1 is 1.33 bits per heavy atom. The lowest BCUT2D eigenvalue weighted by Gasteiger charge is -2.31. The molecular formula is C15H22N2S. The first-order valence-electron chi connectivity index (χ1n) is 7.00. The summed E-state index contributed by atoms with van der Waals surface area (Å²) in [4.78, 5) is 4.08. The molecule has 1 atom stereocenters. The third-order valence-electron chi connectivity index (χ3n) is 4.17. The fraction of sp³-hybridized carbons (Fsp3) is 0.600. The first-order chi connectivity index (χ1) is 8.88. The number of thioether (sulfide) groups is 1. The van der Waals surface area contributed by atoms with Crippen LogP contribution in [0.5, 0.6) is 0 Å². The second-order valence-corrected chi connectivity index (χ2v) is 6.14. The lowest BCUT2D eigenvalue weighted by atomic mass is 9.94. The highest BCUT2D eigenvalue weighted by atomic mass is 32.2. The Morgan fingerprint density at radius 3 is 2.94 bits per heavy atom. The first-order valence-corrected chi connectivity index (χ1v) is 8.22. The van der Waals surface area contributed by atoms with Gasteiger partial charge < -0.3 is 10.2 Å². The van der Waals surface area contributed by atoms with E-state index in [-0.39, 0.29) is 0 Å². The molecule has 0 aliphatic carbocycles. The van der Waals surface area contributed by atoms with E-state index in [1.165, 1.54) is 43.8 Å². The Bertz CT molecular complexity index is 413. The van der Waals surface area contributed by atoms with Crippen LogP contribution < -0.4 is 5.32 Å². The van der Waals surface area contributed by atoms with Gasteiger partial charge in [-0.05, 0) is 62.3 Å². The Balaban J connectivity index is 1.82. The number of rotatable bonds is 3. The van der Waals surface area contributed by atoms with E-state index in [0.717, 1.165) is 6.54 Å². The maximum absolute atomic E-state index is 3.70. The van der Waals surface area contributed by atoms with Gasteiger partial charge in [0, 0.05) is 17.5 Å². The zero-order valence-electron chi connectivity index (χ0n) is 11.1. The Kier molecular flexibility index (Phi) is 3.92. The number of fused-ring (bicyclic) bond motifs is 1. The van der Waals surface area contributed by atoms with E-state index in [1.54, 1.807) is 11.1 Å². The number of benzene rings is 1. The summed E-state index contributed by atoms with van der Waals surface area (Å²) in [6, 6.07) is 7.34. The van der Waals surface area contributed by atoms with Crippen molar-refractivity contribution >= 4 is 11.8 Å². The number of hydrogen-bond donors (Lipinski definition) is 1. The number of nitrogens with one attached hydrogen (secondary N) is 1. The van der Waals surface area contributed by atoms with Crippen molar-refractivity contribution in [2.45, 2.75) is 30.2 Å². The molecule has 1 unspecified atom stereocenters. The monoisotopic (exact) mass is 262 g/mol. The van der Waals surface area contributed by atoms with Crippen molar-refractivity contribution in [3.63, 3.8) is 0 Å². The quantitative estimate of drug-likeness (QED) is 0.843. The van der Waals surface area contributed by atoms with Gasteiger partial charge in [0.25, 0.3) is 0 Å². The summed E-state index contributed by atoms with van der Waals surface area (Å²) in [5.74, 6) is 0. The van der Waals surface area contributed by atoms with E-state index in [1.807, 2.05) is 11.8 Å². The minimum atomic E-state index is 0.541. The molecule has 1 fully saturated rings. The summed E-state index contributed by atoms with van der Waals surface area (Å²) in [5, 5.41) is 3.70. The summed E-state index contributed by atoms with van der Waals surface area (Å²) in [5.41, 5.74) is 3.13. The van der Waals surface area contributed by atoms with Crippen molar-refractivity contribution in [3.8, 4) is 0 Å². The zero-order chi connectivity index (χ0) is 12.4. The molecule has 0 saturated carbocycles. The summed E-state index contributed by atoms with van der Waals surface area (Å²) in [6.07, 6.45) is 6.13. The average Bonchev–Trinajstić information content (AvgIpc) is 2.91. The van der Waals surface area contributed by atoms with Gasteiger partial charge in [0.05, 0.1) is 0 Å². The van der Waals surface area contributed by atoms with E-state index in [9.17, 15) is 0 Å². The molecule has 1 saturated heterocycles. The van der Waals surface area contributed by atoms with E-state index in [4.69, 9.17) is 0 Å². The summed E-state index contributed by atoms with van der Waals surface area (Å²) >= 11 is 1.89. The summed E-state index contributed by atoms with van der Waals surface area (Å²) in [6.45, 7) is 4.89. The number of likely N-dealkylation sites (tertiary alicyclic amines) is 1. The third kappa shape index (κ3) is 2.44. The van der Waals surface area contributed by atoms with E-state index < -0.39 is 0 Å². The van der Waals surface area contributed by atoms with Crippen LogP contribution in [-0.2, 0) is 6.42 Å². The molecule has 0 amide bonds. The molecule has 0 spiro atoms. The van der Waals surface area contributed by atoms with Crippen LogP contribution >= 0.6 is 11.8 Å². The fourth-order valence-corrected chi connectivity index (χ4v) is 3.92. The molecule has 2 nitrogen and oxygen atoms in total. The molecule has 3 heteroatoms. The molecule has 0 aromatic heterocycles. The van der Waals surface area contributed by atoms with Gasteiger partial charge in [-0.25, -0.2) is 0 Å². The highest BCUT2D eigenvalue weighted by molar-refractivity contribution is 7.98. The van der Waals surface area contributed by atoms with Gasteiger partial charge in [-0.1, -0.05) is 12.1 Å². The van der Waals surface area contributed by atoms with Gasteiger partial charge in [-0.15, -0.1) is 11.8 Å². The Morgan fingerprint density at radius 2 is 2.17 bits per heavy atom. The lowest BCUT2D eigenvalue weighted by molar-refractivity contribution is 0.287. The maximum Gasteiger partial charge on any atom is 0.0452 e. The molecule has 1 aromatic carbocycles. The predicted octanol–water partition coefficient (Wildman–Crippen LogP) is 2.69. The molecular weight excluding hydrogens is 240 g/mol. The topological polar surface area (TPSA) is 15.3 Å². The van der Waals surface area contributed by atoms with E-state index in [0.29, 0.717) is 6.04 Å². The van der Waals surface area contributed by atoms with Crippen LogP contribution in [0.15, 0.2) is 23.1 Å². The van der Waals surface area contributed by atoms with Crippen molar-refractivity contribution in [1.82, 2.24) is 10.2 Å². The first kappa shape index (κ1) is 12.5. The van der Waals surface area contributed by atoms with E-state index >= 15 is 0 Å². The minimum Gasteiger partial charge on any atom is -0.309 e. The SMILES string of the molecule is CSc1cccc2c1CCNC2CN1CCCC1. The maximum atomic E-state index is 3.70. The Hall–Kier alpha value is -0.510. The highest BCUT2D eigenvalue weighted by Gasteiger charge is 2.24. The molecule has 0 bridgehead atoms. The molecule has 2 aliphatic heterocycles. The van der Waals surface area contributed by atoms with Crippen molar-refractivity contribution in [2.24, 2.45) is 0 Å². The van der Waals surface area contributed by atoms with Crippen molar-refractivity contribution in [3.05, 3.63) is 29.3 Å². The summed E-state index contributed by atoms with van der Waals surface area (Å²) in [7, 11) is 0. The number of hydrogen-bond acceptors (Lipinski definition) is 3. The second-order valence-electron chi connectivity index (χ2n) is 5.29. The van der Waals surface area contributed by atoms with Crippen molar-refractivity contribution in [1.29, 1.82) is 0 Å². The van der Waals surface area contributed by atoms with Gasteiger partial charge in [0.1, 0.15) is 0 Å². The lowest BCUT2D eigenvalue weighted by Crippen LogP contribution is -2.38. The van der Waals surface area contributed by atoms with Gasteiger partial charge in [0.15, 0.2) is 0 Å². The van der Waals surface area contributed by atoms with Crippen LogP contribution in [0.25, 0.3) is 0 Å². The minimum absolute atomic E-state index is 0.541. The molecule has 2 aliphatic rings. The van der Waals surface area contributed by atoms with Crippen LogP contribution in [0, 0.1) is 0 Å². The number of nitrogens with zero attached hydrogens (tertiary/aromatic N) is 1. The predicted molar refractivity (Wildman–Crippen MR) is 78.3 cm³/mol. The largest absolute Gasteiger partial charge is 0.309 e. The molecule has 3 rings (SSSR count). The van der Waals surface area contributed by atoms with Crippen LogP contribution in [0.1, 0.15) is 30.0 Å². The molecule has 18 heavy (non-hydrogen) atoms. The zero-order valence-corrected chi connectivity index (χ0v) is 11.9. The van der Waals surface area contributed by atoms with Gasteiger partial charge in [-0.2, -0.15) is 0 Å². The summed E-state index contributed by atoms with van der Waals surface area (Å²) < 4.78 is 0. The van der Waals surface area contributed by atoms with Crippen LogP contribution in [0.2, 0.25) is 0 Å². The van der Waals surface area contributed by atoms with Crippen molar-refractivity contribution in [2.75, 3.05) is 32.4 Å². The molecule has 0 radical (unpaired) electrons. The smallest absolute Gasteiger partial charge is 0.0452 e. The van der Waals surface area contributed by atoms with Gasteiger partial charge in [-0.3, -0.25) is 0 Å². The normalized spacial score (nSPS) is 24.2. The van der Waals surface area contributed by atoms with E-state index in [2.05, 4.69) is 34.7 Å². The van der Waals surface area contributed by atoms with Crippen LogP contribution in [0.3, 0.4) is 0 Å². The van der Waals surface area contributed by atoms with Gasteiger partial charge in [0.2, 0.25) is 0 Å². The molecule has 98 valence electrons.